The zero-order chi connectivity index (χ0) is 13.2. The lowest BCUT2D eigenvalue weighted by Gasteiger charge is -2.23. The monoisotopic (exact) mass is 276 g/mol. The van der Waals surface area contributed by atoms with E-state index in [2.05, 4.69) is 4.98 Å². The summed E-state index contributed by atoms with van der Waals surface area (Å²) in [4.78, 5) is 4.45. The third-order valence-electron chi connectivity index (χ3n) is 3.06. The standard InChI is InChI=1S/C14H16N2O2S/c1-9-8-19-13(16-9)7-11(15)10-3-2-4-12-14(10)18-6-5-17-12/h2-4,8,11H,5-7,15H2,1H3. The number of hydrogen-bond acceptors (Lipinski definition) is 5. The molecule has 0 spiro atoms. The predicted octanol–water partition coefficient (Wildman–Crippen LogP) is 2.47. The number of nitrogens with zero attached hydrogens (tertiary/aromatic N) is 1. The quantitative estimate of drug-likeness (QED) is 0.935. The Morgan fingerprint density at radius 1 is 1.37 bits per heavy atom. The van der Waals surface area contributed by atoms with Crippen LogP contribution >= 0.6 is 11.3 Å². The number of nitrogens with two attached hydrogens (primary N) is 1. The maximum atomic E-state index is 6.29. The van der Waals surface area contributed by atoms with Crippen LogP contribution in [0.25, 0.3) is 0 Å². The zero-order valence-electron chi connectivity index (χ0n) is 10.8. The Kier molecular flexibility index (Phi) is 3.40. The predicted molar refractivity (Wildman–Crippen MR) is 74.9 cm³/mol. The lowest BCUT2D eigenvalue weighted by Crippen LogP contribution is -2.20. The summed E-state index contributed by atoms with van der Waals surface area (Å²) in [7, 11) is 0. The molecule has 2 heterocycles. The normalized spacial score (nSPS) is 15.3. The van der Waals surface area contributed by atoms with Crippen LogP contribution in [-0.4, -0.2) is 18.2 Å². The summed E-state index contributed by atoms with van der Waals surface area (Å²) in [5, 5.41) is 3.10. The number of fused-ring (bicyclic) bond motifs is 1. The van der Waals surface area contributed by atoms with Crippen molar-refractivity contribution in [1.29, 1.82) is 0 Å². The van der Waals surface area contributed by atoms with Gasteiger partial charge in [0.25, 0.3) is 0 Å². The molecule has 2 N–H and O–H groups in total. The highest BCUT2D eigenvalue weighted by molar-refractivity contribution is 7.09. The highest BCUT2D eigenvalue weighted by atomic mass is 32.1. The highest BCUT2D eigenvalue weighted by Gasteiger charge is 2.20. The minimum atomic E-state index is -0.123. The molecule has 100 valence electrons. The maximum absolute atomic E-state index is 6.29. The molecule has 1 atom stereocenters. The lowest BCUT2D eigenvalue weighted by molar-refractivity contribution is 0.169. The van der Waals surface area contributed by atoms with E-state index in [-0.39, 0.29) is 6.04 Å². The molecular formula is C14H16N2O2S. The van der Waals surface area contributed by atoms with Crippen LogP contribution in [0, 0.1) is 6.92 Å². The zero-order valence-corrected chi connectivity index (χ0v) is 11.6. The average molecular weight is 276 g/mol. The first-order chi connectivity index (χ1) is 9.24. The molecule has 0 amide bonds. The van der Waals surface area contributed by atoms with Gasteiger partial charge in [0.15, 0.2) is 11.5 Å². The van der Waals surface area contributed by atoms with Gasteiger partial charge in [-0.2, -0.15) is 0 Å². The molecule has 0 fully saturated rings. The molecule has 5 heteroatoms. The topological polar surface area (TPSA) is 57.4 Å². The number of para-hydroxylation sites is 1. The van der Waals surface area contributed by atoms with Crippen molar-refractivity contribution in [2.75, 3.05) is 13.2 Å². The van der Waals surface area contributed by atoms with Gasteiger partial charge < -0.3 is 15.2 Å². The van der Waals surface area contributed by atoms with Gasteiger partial charge in [0.1, 0.15) is 13.2 Å². The summed E-state index contributed by atoms with van der Waals surface area (Å²) in [6.45, 7) is 3.16. The number of aryl methyl sites for hydroxylation is 1. The van der Waals surface area contributed by atoms with Crippen molar-refractivity contribution in [1.82, 2.24) is 4.98 Å². The molecule has 0 bridgehead atoms. The van der Waals surface area contributed by atoms with Crippen LogP contribution in [-0.2, 0) is 6.42 Å². The second kappa shape index (κ2) is 5.19. The Bertz CT molecular complexity index is 583. The molecule has 1 aliphatic rings. The average Bonchev–Trinajstić information content (AvgIpc) is 2.83. The van der Waals surface area contributed by atoms with Crippen LogP contribution in [0.1, 0.15) is 22.3 Å². The van der Waals surface area contributed by atoms with E-state index in [9.17, 15) is 0 Å². The van der Waals surface area contributed by atoms with E-state index in [0.29, 0.717) is 13.2 Å². The third-order valence-corrected chi connectivity index (χ3v) is 4.05. The van der Waals surface area contributed by atoms with Gasteiger partial charge in [-0.3, -0.25) is 0 Å². The number of aromatic nitrogens is 1. The molecule has 1 aromatic carbocycles. The van der Waals surface area contributed by atoms with Gasteiger partial charge in [0, 0.05) is 29.1 Å². The number of ether oxygens (including phenoxy) is 2. The van der Waals surface area contributed by atoms with Crippen LogP contribution in [0.15, 0.2) is 23.6 Å². The third kappa shape index (κ3) is 2.57. The summed E-state index contributed by atoms with van der Waals surface area (Å²) >= 11 is 1.65. The summed E-state index contributed by atoms with van der Waals surface area (Å²) < 4.78 is 11.3. The fourth-order valence-electron chi connectivity index (χ4n) is 2.18. The van der Waals surface area contributed by atoms with Gasteiger partial charge in [0.2, 0.25) is 0 Å². The van der Waals surface area contributed by atoms with Crippen molar-refractivity contribution < 1.29 is 9.47 Å². The summed E-state index contributed by atoms with van der Waals surface area (Å²) in [5.74, 6) is 1.57. The van der Waals surface area contributed by atoms with Gasteiger partial charge >= 0.3 is 0 Å². The van der Waals surface area contributed by atoms with E-state index < -0.39 is 0 Å². The van der Waals surface area contributed by atoms with Crippen molar-refractivity contribution in [3.63, 3.8) is 0 Å². The van der Waals surface area contributed by atoms with Gasteiger partial charge in [-0.05, 0) is 13.0 Å². The van der Waals surface area contributed by atoms with Crippen molar-refractivity contribution in [2.24, 2.45) is 5.73 Å². The second-order valence-corrected chi connectivity index (χ2v) is 5.51. The summed E-state index contributed by atoms with van der Waals surface area (Å²) in [6.07, 6.45) is 0.721. The van der Waals surface area contributed by atoms with Gasteiger partial charge in [-0.15, -0.1) is 11.3 Å². The van der Waals surface area contributed by atoms with Crippen molar-refractivity contribution in [2.45, 2.75) is 19.4 Å². The van der Waals surface area contributed by atoms with Crippen molar-refractivity contribution in [3.05, 3.63) is 39.8 Å². The molecule has 1 unspecified atom stereocenters. The Morgan fingerprint density at radius 2 is 2.21 bits per heavy atom. The lowest BCUT2D eigenvalue weighted by atomic mass is 10.0. The number of rotatable bonds is 3. The van der Waals surface area contributed by atoms with E-state index in [1.54, 1.807) is 11.3 Å². The molecule has 4 nitrogen and oxygen atoms in total. The first-order valence-electron chi connectivity index (χ1n) is 6.29. The molecule has 19 heavy (non-hydrogen) atoms. The van der Waals surface area contributed by atoms with E-state index >= 15 is 0 Å². The van der Waals surface area contributed by atoms with Crippen LogP contribution < -0.4 is 15.2 Å². The van der Waals surface area contributed by atoms with E-state index in [1.165, 1.54) is 0 Å². The molecule has 1 aromatic heterocycles. The first-order valence-corrected chi connectivity index (χ1v) is 7.17. The van der Waals surface area contributed by atoms with E-state index in [4.69, 9.17) is 15.2 Å². The summed E-state index contributed by atoms with van der Waals surface area (Å²) in [6, 6.07) is 5.74. The van der Waals surface area contributed by atoms with Crippen molar-refractivity contribution in [3.8, 4) is 11.5 Å². The molecule has 0 aliphatic carbocycles. The maximum Gasteiger partial charge on any atom is 0.166 e. The second-order valence-electron chi connectivity index (χ2n) is 4.56. The van der Waals surface area contributed by atoms with E-state index in [0.717, 1.165) is 34.2 Å². The van der Waals surface area contributed by atoms with Gasteiger partial charge in [-0.25, -0.2) is 4.98 Å². The van der Waals surface area contributed by atoms with Gasteiger partial charge in [0.05, 0.1) is 5.01 Å². The van der Waals surface area contributed by atoms with Crippen molar-refractivity contribution >= 4 is 11.3 Å². The molecule has 0 saturated heterocycles. The van der Waals surface area contributed by atoms with Gasteiger partial charge in [-0.1, -0.05) is 12.1 Å². The fourth-order valence-corrected chi connectivity index (χ4v) is 3.01. The highest BCUT2D eigenvalue weighted by Crippen LogP contribution is 2.37. The van der Waals surface area contributed by atoms with E-state index in [1.807, 2.05) is 30.5 Å². The minimum absolute atomic E-state index is 0.123. The molecule has 2 aromatic rings. The SMILES string of the molecule is Cc1csc(CC(N)c2cccc3c2OCCO3)n1. The molecule has 0 radical (unpaired) electrons. The number of thiazole rings is 1. The largest absolute Gasteiger partial charge is 0.486 e. The fraction of sp³-hybridized carbons (Fsp3) is 0.357. The van der Waals surface area contributed by atoms with Crippen LogP contribution in [0.5, 0.6) is 11.5 Å². The van der Waals surface area contributed by atoms with Crippen LogP contribution in [0.4, 0.5) is 0 Å². The molecule has 1 aliphatic heterocycles. The minimum Gasteiger partial charge on any atom is -0.486 e. The Balaban J connectivity index is 1.85. The summed E-state index contributed by atoms with van der Waals surface area (Å²) in [5.41, 5.74) is 8.33. The first kappa shape index (κ1) is 12.4. The number of benzene rings is 1. The van der Waals surface area contributed by atoms with Crippen LogP contribution in [0.3, 0.4) is 0 Å². The Labute approximate surface area is 116 Å². The van der Waals surface area contributed by atoms with Crippen LogP contribution in [0.2, 0.25) is 0 Å². The molecule has 0 saturated carbocycles. The Morgan fingerprint density at radius 3 is 3.00 bits per heavy atom. The smallest absolute Gasteiger partial charge is 0.166 e. The Hall–Kier alpha value is -1.59. The molecule has 3 rings (SSSR count). The molecular weight excluding hydrogens is 260 g/mol. The number of hydrogen-bond donors (Lipinski definition) is 1.